The van der Waals surface area contributed by atoms with E-state index >= 15 is 0 Å². The van der Waals surface area contributed by atoms with Gasteiger partial charge in [-0.1, -0.05) is 49.7 Å². The molecule has 3 nitrogen and oxygen atoms in total. The molecule has 2 rings (SSSR count). The summed E-state index contributed by atoms with van der Waals surface area (Å²) in [6, 6.07) is 13.4. The molecule has 0 aromatic heterocycles. The smallest absolute Gasteiger partial charge is 0.340 e. The molecule has 0 radical (unpaired) electrons. The van der Waals surface area contributed by atoms with Crippen LogP contribution in [0.2, 0.25) is 0 Å². The summed E-state index contributed by atoms with van der Waals surface area (Å²) in [5.74, 6) is -0.355. The van der Waals surface area contributed by atoms with Gasteiger partial charge in [-0.05, 0) is 36.1 Å². The fourth-order valence-corrected chi connectivity index (χ4v) is 2.38. The third-order valence-corrected chi connectivity index (χ3v) is 3.55. The van der Waals surface area contributed by atoms with Crippen LogP contribution in [0.25, 0.3) is 0 Å². The Labute approximate surface area is 125 Å². The second kappa shape index (κ2) is 6.93. The topological polar surface area (TPSA) is 52.3 Å². The van der Waals surface area contributed by atoms with Crippen LogP contribution in [-0.4, -0.2) is 5.97 Å². The SMILES string of the molecule is CCCc1ccc(N)c(C(=O)OCc2ccccc2)c1C. The Balaban J connectivity index is 2.17. The van der Waals surface area contributed by atoms with E-state index < -0.39 is 0 Å². The van der Waals surface area contributed by atoms with E-state index in [1.807, 2.05) is 43.3 Å². The quantitative estimate of drug-likeness (QED) is 0.669. The van der Waals surface area contributed by atoms with E-state index in [1.54, 1.807) is 6.07 Å². The molecule has 2 aromatic rings. The summed E-state index contributed by atoms with van der Waals surface area (Å²) in [4.78, 5) is 12.3. The first-order valence-electron chi connectivity index (χ1n) is 7.22. The highest BCUT2D eigenvalue weighted by atomic mass is 16.5. The van der Waals surface area contributed by atoms with E-state index in [2.05, 4.69) is 6.92 Å². The molecular formula is C18H21NO2. The van der Waals surface area contributed by atoms with Gasteiger partial charge in [0.15, 0.2) is 0 Å². The number of ether oxygens (including phenoxy) is 1. The van der Waals surface area contributed by atoms with Crippen molar-refractivity contribution in [3.63, 3.8) is 0 Å². The summed E-state index contributed by atoms with van der Waals surface area (Å²) in [7, 11) is 0. The van der Waals surface area contributed by atoms with Gasteiger partial charge in [0.05, 0.1) is 5.56 Å². The molecule has 0 aliphatic carbocycles. The van der Waals surface area contributed by atoms with Crippen LogP contribution in [0, 0.1) is 6.92 Å². The zero-order valence-corrected chi connectivity index (χ0v) is 12.6. The first-order valence-corrected chi connectivity index (χ1v) is 7.22. The Hall–Kier alpha value is -2.29. The van der Waals surface area contributed by atoms with Crippen molar-refractivity contribution in [2.24, 2.45) is 0 Å². The first-order chi connectivity index (χ1) is 10.1. The molecule has 0 heterocycles. The number of hydrogen-bond donors (Lipinski definition) is 1. The highest BCUT2D eigenvalue weighted by molar-refractivity contribution is 5.97. The molecule has 0 saturated carbocycles. The van der Waals surface area contributed by atoms with Gasteiger partial charge in [-0.25, -0.2) is 4.79 Å². The van der Waals surface area contributed by atoms with Crippen LogP contribution in [0.15, 0.2) is 42.5 Å². The van der Waals surface area contributed by atoms with E-state index in [4.69, 9.17) is 10.5 Å². The molecule has 0 saturated heterocycles. The Kier molecular flexibility index (Phi) is 4.99. The normalized spacial score (nSPS) is 10.4. The summed E-state index contributed by atoms with van der Waals surface area (Å²) in [6.07, 6.45) is 1.97. The second-order valence-electron chi connectivity index (χ2n) is 5.13. The number of benzene rings is 2. The molecular weight excluding hydrogens is 262 g/mol. The highest BCUT2D eigenvalue weighted by Gasteiger charge is 2.16. The van der Waals surface area contributed by atoms with Gasteiger partial charge in [-0.3, -0.25) is 0 Å². The van der Waals surface area contributed by atoms with Gasteiger partial charge in [-0.15, -0.1) is 0 Å². The van der Waals surface area contributed by atoms with Crippen LogP contribution in [0.3, 0.4) is 0 Å². The van der Waals surface area contributed by atoms with Crippen molar-refractivity contribution in [3.8, 4) is 0 Å². The van der Waals surface area contributed by atoms with Gasteiger partial charge in [0.25, 0.3) is 0 Å². The average molecular weight is 283 g/mol. The zero-order valence-electron chi connectivity index (χ0n) is 12.6. The van der Waals surface area contributed by atoms with Crippen molar-refractivity contribution in [1.29, 1.82) is 0 Å². The summed E-state index contributed by atoms with van der Waals surface area (Å²) >= 11 is 0. The van der Waals surface area contributed by atoms with Gasteiger partial charge in [0, 0.05) is 5.69 Å². The maximum Gasteiger partial charge on any atom is 0.340 e. The number of carbonyl (C=O) groups excluding carboxylic acids is 1. The predicted octanol–water partition coefficient (Wildman–Crippen LogP) is 3.89. The van der Waals surface area contributed by atoms with Crippen molar-refractivity contribution in [1.82, 2.24) is 0 Å². The third-order valence-electron chi connectivity index (χ3n) is 3.55. The van der Waals surface area contributed by atoms with Crippen LogP contribution < -0.4 is 5.73 Å². The standard InChI is InChI=1S/C18H21NO2/c1-3-7-15-10-11-16(19)17(13(15)2)18(20)21-12-14-8-5-4-6-9-14/h4-6,8-11H,3,7,12,19H2,1-2H3. The fourth-order valence-electron chi connectivity index (χ4n) is 2.38. The van der Waals surface area contributed by atoms with Crippen molar-refractivity contribution in [2.75, 3.05) is 5.73 Å². The summed E-state index contributed by atoms with van der Waals surface area (Å²) in [5.41, 5.74) is 9.97. The van der Waals surface area contributed by atoms with Crippen LogP contribution in [0.1, 0.15) is 40.4 Å². The Morgan fingerprint density at radius 2 is 1.86 bits per heavy atom. The number of aryl methyl sites for hydroxylation is 1. The molecule has 0 bridgehead atoms. The minimum Gasteiger partial charge on any atom is -0.457 e. The van der Waals surface area contributed by atoms with E-state index in [0.717, 1.165) is 29.5 Å². The van der Waals surface area contributed by atoms with Crippen molar-refractivity contribution in [3.05, 3.63) is 64.7 Å². The zero-order chi connectivity index (χ0) is 15.2. The Morgan fingerprint density at radius 1 is 1.14 bits per heavy atom. The molecule has 3 heteroatoms. The molecule has 2 aromatic carbocycles. The number of nitrogen functional groups attached to an aromatic ring is 1. The van der Waals surface area contributed by atoms with Gasteiger partial charge < -0.3 is 10.5 Å². The molecule has 0 spiro atoms. The molecule has 0 aliphatic heterocycles. The summed E-state index contributed by atoms with van der Waals surface area (Å²) in [5, 5.41) is 0. The van der Waals surface area contributed by atoms with Gasteiger partial charge >= 0.3 is 5.97 Å². The lowest BCUT2D eigenvalue weighted by atomic mass is 9.97. The highest BCUT2D eigenvalue weighted by Crippen LogP contribution is 2.23. The second-order valence-corrected chi connectivity index (χ2v) is 5.13. The minimum absolute atomic E-state index is 0.260. The number of carbonyl (C=O) groups is 1. The summed E-state index contributed by atoms with van der Waals surface area (Å²) < 4.78 is 5.39. The molecule has 0 unspecified atom stereocenters. The van der Waals surface area contributed by atoms with E-state index in [-0.39, 0.29) is 12.6 Å². The van der Waals surface area contributed by atoms with Gasteiger partial charge in [-0.2, -0.15) is 0 Å². The average Bonchev–Trinajstić information content (AvgIpc) is 2.49. The van der Waals surface area contributed by atoms with Crippen LogP contribution in [-0.2, 0) is 17.8 Å². The van der Waals surface area contributed by atoms with E-state index in [0.29, 0.717) is 11.3 Å². The number of esters is 1. The third kappa shape index (κ3) is 3.63. The number of nitrogens with two attached hydrogens (primary N) is 1. The van der Waals surface area contributed by atoms with Crippen molar-refractivity contribution in [2.45, 2.75) is 33.3 Å². The van der Waals surface area contributed by atoms with Crippen molar-refractivity contribution < 1.29 is 9.53 Å². The van der Waals surface area contributed by atoms with E-state index in [1.165, 1.54) is 0 Å². The predicted molar refractivity (Wildman–Crippen MR) is 85.1 cm³/mol. The fraction of sp³-hybridized carbons (Fsp3) is 0.278. The molecule has 0 amide bonds. The Bertz CT molecular complexity index is 621. The minimum atomic E-state index is -0.355. The van der Waals surface area contributed by atoms with E-state index in [9.17, 15) is 4.79 Å². The first kappa shape index (κ1) is 15.1. The lowest BCUT2D eigenvalue weighted by molar-refractivity contribution is 0.0473. The maximum atomic E-state index is 12.3. The molecule has 21 heavy (non-hydrogen) atoms. The number of hydrogen-bond acceptors (Lipinski definition) is 3. The molecule has 0 fully saturated rings. The number of anilines is 1. The molecule has 110 valence electrons. The van der Waals surface area contributed by atoms with Crippen LogP contribution >= 0.6 is 0 Å². The maximum absolute atomic E-state index is 12.3. The van der Waals surface area contributed by atoms with Crippen molar-refractivity contribution >= 4 is 11.7 Å². The molecule has 2 N–H and O–H groups in total. The summed E-state index contributed by atoms with van der Waals surface area (Å²) in [6.45, 7) is 4.31. The monoisotopic (exact) mass is 283 g/mol. The van der Waals surface area contributed by atoms with Gasteiger partial charge in [0.1, 0.15) is 6.61 Å². The molecule has 0 aliphatic rings. The van der Waals surface area contributed by atoms with Crippen LogP contribution in [0.5, 0.6) is 0 Å². The van der Waals surface area contributed by atoms with Gasteiger partial charge in [0.2, 0.25) is 0 Å². The largest absolute Gasteiger partial charge is 0.457 e. The lowest BCUT2D eigenvalue weighted by Gasteiger charge is -2.13. The lowest BCUT2D eigenvalue weighted by Crippen LogP contribution is -2.12. The Morgan fingerprint density at radius 3 is 2.52 bits per heavy atom. The van der Waals surface area contributed by atoms with Crippen LogP contribution in [0.4, 0.5) is 5.69 Å². The molecule has 0 atom stereocenters. The number of rotatable bonds is 5.